The molecule has 0 spiro atoms. The maximum atomic E-state index is 9.47. The Morgan fingerprint density at radius 3 is 2.46 bits per heavy atom. The fourth-order valence-electron chi connectivity index (χ4n) is 0.904. The Morgan fingerprint density at radius 2 is 1.92 bits per heavy atom. The summed E-state index contributed by atoms with van der Waals surface area (Å²) in [5.41, 5.74) is -0.119. The van der Waals surface area contributed by atoms with Crippen LogP contribution < -0.4 is 5.32 Å². The number of aliphatic hydroxyl groups is 2. The van der Waals surface area contributed by atoms with E-state index in [9.17, 15) is 5.11 Å². The highest BCUT2D eigenvalue weighted by atomic mass is 16.3. The first-order chi connectivity index (χ1) is 6.14. The first-order valence-electron chi connectivity index (χ1n) is 4.26. The van der Waals surface area contributed by atoms with E-state index >= 15 is 0 Å². The van der Waals surface area contributed by atoms with Gasteiger partial charge in [0.2, 0.25) is 0 Å². The van der Waals surface area contributed by atoms with Gasteiger partial charge >= 0.3 is 0 Å². The molecule has 1 atom stereocenters. The number of benzene rings is 1. The quantitative estimate of drug-likeness (QED) is 0.645. The minimum atomic E-state index is -1.06. The zero-order chi connectivity index (χ0) is 9.73. The third-order valence-electron chi connectivity index (χ3n) is 1.79. The van der Waals surface area contributed by atoms with E-state index < -0.39 is 5.60 Å². The van der Waals surface area contributed by atoms with Crippen LogP contribution in [0.25, 0.3) is 0 Å². The molecule has 0 aliphatic heterocycles. The Kier molecular flexibility index (Phi) is 3.28. The highest BCUT2D eigenvalue weighted by Gasteiger charge is 2.17. The second-order valence-corrected chi connectivity index (χ2v) is 3.37. The van der Waals surface area contributed by atoms with Gasteiger partial charge in [-0.1, -0.05) is 18.2 Å². The standard InChI is InChI=1S/C10H15NO2/c1-10(13,8-12)7-11-9-5-3-2-4-6-9/h2-6,11-13H,7-8H2,1H3/t10-/m1/s1. The van der Waals surface area contributed by atoms with Crippen LogP contribution in [0.2, 0.25) is 0 Å². The summed E-state index contributed by atoms with van der Waals surface area (Å²) in [6, 6.07) is 9.57. The van der Waals surface area contributed by atoms with Crippen molar-refractivity contribution in [2.24, 2.45) is 0 Å². The van der Waals surface area contributed by atoms with Gasteiger partial charge < -0.3 is 15.5 Å². The lowest BCUT2D eigenvalue weighted by atomic mass is 10.1. The van der Waals surface area contributed by atoms with Crippen LogP contribution in [0.4, 0.5) is 5.69 Å². The predicted molar refractivity (Wildman–Crippen MR) is 52.6 cm³/mol. The highest BCUT2D eigenvalue weighted by Crippen LogP contribution is 2.08. The van der Waals surface area contributed by atoms with Crippen molar-refractivity contribution >= 4 is 5.69 Å². The topological polar surface area (TPSA) is 52.5 Å². The molecule has 0 bridgehead atoms. The van der Waals surface area contributed by atoms with Gasteiger partial charge in [-0.2, -0.15) is 0 Å². The van der Waals surface area contributed by atoms with Crippen LogP contribution in [-0.2, 0) is 0 Å². The van der Waals surface area contributed by atoms with Gasteiger partial charge in [-0.3, -0.25) is 0 Å². The average molecular weight is 181 g/mol. The van der Waals surface area contributed by atoms with E-state index in [1.807, 2.05) is 30.3 Å². The molecule has 0 aromatic heterocycles. The third kappa shape index (κ3) is 3.44. The van der Waals surface area contributed by atoms with Gasteiger partial charge in [-0.15, -0.1) is 0 Å². The molecule has 0 radical (unpaired) electrons. The minimum absolute atomic E-state index is 0.243. The molecule has 0 aliphatic carbocycles. The van der Waals surface area contributed by atoms with Crippen molar-refractivity contribution in [3.05, 3.63) is 30.3 Å². The highest BCUT2D eigenvalue weighted by molar-refractivity contribution is 5.42. The van der Waals surface area contributed by atoms with Crippen molar-refractivity contribution in [2.75, 3.05) is 18.5 Å². The molecule has 1 aromatic rings. The normalized spacial score (nSPS) is 15.0. The maximum Gasteiger partial charge on any atom is 0.102 e. The van der Waals surface area contributed by atoms with E-state index in [1.165, 1.54) is 0 Å². The van der Waals surface area contributed by atoms with Crippen LogP contribution in [0, 0.1) is 0 Å². The molecule has 0 heterocycles. The lowest BCUT2D eigenvalue weighted by molar-refractivity contribution is 0.0132. The zero-order valence-electron chi connectivity index (χ0n) is 7.70. The van der Waals surface area contributed by atoms with Crippen molar-refractivity contribution in [1.82, 2.24) is 0 Å². The molecule has 3 heteroatoms. The number of para-hydroxylation sites is 1. The van der Waals surface area contributed by atoms with Crippen LogP contribution in [0.3, 0.4) is 0 Å². The van der Waals surface area contributed by atoms with Crippen LogP contribution in [0.1, 0.15) is 6.92 Å². The molecule has 0 saturated carbocycles. The van der Waals surface area contributed by atoms with Gasteiger partial charge in [0, 0.05) is 12.2 Å². The predicted octanol–water partition coefficient (Wildman–Crippen LogP) is 0.842. The Bertz CT molecular complexity index is 246. The summed E-state index contributed by atoms with van der Waals surface area (Å²) in [6.07, 6.45) is 0. The molecule has 1 aromatic carbocycles. The Balaban J connectivity index is 2.44. The number of nitrogens with one attached hydrogen (secondary N) is 1. The van der Waals surface area contributed by atoms with Gasteiger partial charge in [0.1, 0.15) is 5.60 Å². The Labute approximate surface area is 78.0 Å². The van der Waals surface area contributed by atoms with Crippen molar-refractivity contribution in [2.45, 2.75) is 12.5 Å². The summed E-state index contributed by atoms with van der Waals surface area (Å²) in [4.78, 5) is 0. The maximum absolute atomic E-state index is 9.47. The molecule has 3 nitrogen and oxygen atoms in total. The van der Waals surface area contributed by atoms with E-state index in [0.717, 1.165) is 5.69 Å². The van der Waals surface area contributed by atoms with Gasteiger partial charge in [-0.25, -0.2) is 0 Å². The first kappa shape index (κ1) is 10.0. The number of anilines is 1. The number of hydrogen-bond donors (Lipinski definition) is 3. The molecule has 0 saturated heterocycles. The van der Waals surface area contributed by atoms with Crippen molar-refractivity contribution in [3.63, 3.8) is 0 Å². The summed E-state index contributed by atoms with van der Waals surface area (Å²) in [5.74, 6) is 0. The van der Waals surface area contributed by atoms with E-state index in [-0.39, 0.29) is 6.61 Å². The monoisotopic (exact) mass is 181 g/mol. The molecule has 0 unspecified atom stereocenters. The summed E-state index contributed by atoms with van der Waals surface area (Å²) in [5, 5.41) is 21.3. The molecule has 3 N–H and O–H groups in total. The van der Waals surface area contributed by atoms with Crippen LogP contribution in [0.5, 0.6) is 0 Å². The number of rotatable bonds is 4. The Hall–Kier alpha value is -1.06. The fourth-order valence-corrected chi connectivity index (χ4v) is 0.904. The zero-order valence-corrected chi connectivity index (χ0v) is 7.70. The van der Waals surface area contributed by atoms with Crippen molar-refractivity contribution < 1.29 is 10.2 Å². The molecule has 1 rings (SSSR count). The molecule has 0 amide bonds. The number of hydrogen-bond acceptors (Lipinski definition) is 3. The Morgan fingerprint density at radius 1 is 1.31 bits per heavy atom. The fraction of sp³-hybridized carbons (Fsp3) is 0.400. The van der Waals surface area contributed by atoms with Crippen molar-refractivity contribution in [1.29, 1.82) is 0 Å². The second kappa shape index (κ2) is 4.25. The summed E-state index contributed by atoms with van der Waals surface area (Å²) in [6.45, 7) is 1.68. The second-order valence-electron chi connectivity index (χ2n) is 3.37. The van der Waals surface area contributed by atoms with Gasteiger partial charge in [0.05, 0.1) is 6.61 Å². The van der Waals surface area contributed by atoms with Crippen LogP contribution in [-0.4, -0.2) is 29.0 Å². The molecular weight excluding hydrogens is 166 g/mol. The van der Waals surface area contributed by atoms with E-state index in [1.54, 1.807) is 6.92 Å². The lowest BCUT2D eigenvalue weighted by Crippen LogP contribution is -2.37. The molecule has 0 aliphatic rings. The summed E-state index contributed by atoms with van der Waals surface area (Å²) < 4.78 is 0. The number of aliphatic hydroxyl groups excluding tert-OH is 1. The van der Waals surface area contributed by atoms with E-state index in [2.05, 4.69) is 5.32 Å². The molecule has 13 heavy (non-hydrogen) atoms. The van der Waals surface area contributed by atoms with Gasteiger partial charge in [0.15, 0.2) is 0 Å². The van der Waals surface area contributed by atoms with Crippen molar-refractivity contribution in [3.8, 4) is 0 Å². The molecule has 72 valence electrons. The van der Waals surface area contributed by atoms with E-state index in [4.69, 9.17) is 5.11 Å². The smallest absolute Gasteiger partial charge is 0.102 e. The summed E-state index contributed by atoms with van der Waals surface area (Å²) >= 11 is 0. The van der Waals surface area contributed by atoms with Gasteiger partial charge in [0.25, 0.3) is 0 Å². The lowest BCUT2D eigenvalue weighted by Gasteiger charge is -2.21. The third-order valence-corrected chi connectivity index (χ3v) is 1.79. The molecular formula is C10H15NO2. The van der Waals surface area contributed by atoms with Crippen LogP contribution in [0.15, 0.2) is 30.3 Å². The van der Waals surface area contributed by atoms with Crippen LogP contribution >= 0.6 is 0 Å². The minimum Gasteiger partial charge on any atom is -0.393 e. The average Bonchev–Trinajstić information content (AvgIpc) is 2.17. The largest absolute Gasteiger partial charge is 0.393 e. The van der Waals surface area contributed by atoms with E-state index in [0.29, 0.717) is 6.54 Å². The molecule has 0 fully saturated rings. The van der Waals surface area contributed by atoms with Gasteiger partial charge in [-0.05, 0) is 19.1 Å². The summed E-state index contributed by atoms with van der Waals surface area (Å²) in [7, 11) is 0. The first-order valence-corrected chi connectivity index (χ1v) is 4.26. The SMILES string of the molecule is C[C@](O)(CO)CNc1ccccc1.